The van der Waals surface area contributed by atoms with Crippen LogP contribution in [0.1, 0.15) is 5.56 Å². The molecule has 1 aliphatic rings. The molecule has 0 unspecified atom stereocenters. The molecule has 12 aromatic rings. The predicted molar refractivity (Wildman–Crippen MR) is 266 cm³/mol. The molecular formula is C60H38IN3. The van der Waals surface area contributed by atoms with Crippen LogP contribution in [0.3, 0.4) is 0 Å². The second kappa shape index (κ2) is 15.0. The molecule has 64 heavy (non-hydrogen) atoms. The Hall–Kier alpha value is -7.67. The molecule has 0 amide bonds. The van der Waals surface area contributed by atoms with E-state index >= 15 is 0 Å². The number of aromatic nitrogens is 1. The van der Waals surface area contributed by atoms with E-state index in [9.17, 15) is 0 Å². The fourth-order valence-electron chi connectivity index (χ4n) is 9.93. The first-order chi connectivity index (χ1) is 31.7. The van der Waals surface area contributed by atoms with Gasteiger partial charge in [-0.1, -0.05) is 0 Å². The molecule has 11 aromatic carbocycles. The van der Waals surface area contributed by atoms with Crippen LogP contribution in [0.15, 0.2) is 236 Å². The molecule has 0 saturated heterocycles. The monoisotopic (exact) mass is 927 g/mol. The summed E-state index contributed by atoms with van der Waals surface area (Å²) < 4.78 is 6.10. The van der Waals surface area contributed by atoms with Crippen molar-refractivity contribution in [1.29, 1.82) is 0 Å². The standard InChI is InChI=1S/C60H38IN3/c1-3-16-39(17-4-1)40-30-32-46(33-31-40)64-59(45-23-15-22-44(36-45)48-25-10-9-24-47(48)41-18-5-2-6-19-41)62-60(61-64)63-55-35-34-53-51-28-12-11-26-49(51)50-27-13-14-29-52(50)57(53)58(55)54-37-42-20-7-8-21-43(42)38-56(54)63/h1-38H. The summed E-state index contributed by atoms with van der Waals surface area (Å²) in [5, 5.41) is 12.7. The molecule has 0 aliphatic carbocycles. The summed E-state index contributed by atoms with van der Waals surface area (Å²) in [4.78, 5) is 5.80. The fraction of sp³-hybridized carbons (Fsp3) is 0. The van der Waals surface area contributed by atoms with E-state index in [4.69, 9.17) is 4.99 Å². The molecule has 0 spiro atoms. The molecule has 1 aromatic heterocycles. The first kappa shape index (κ1) is 36.9. The summed E-state index contributed by atoms with van der Waals surface area (Å²) in [5.74, 6) is 0.974. The second-order valence-electron chi connectivity index (χ2n) is 16.5. The Kier molecular flexibility index (Phi) is 8.66. The van der Waals surface area contributed by atoms with E-state index in [0.29, 0.717) is 0 Å². The summed E-state index contributed by atoms with van der Waals surface area (Å²) in [6.45, 7) is 0. The number of hydrogen-bond donors (Lipinski definition) is 0. The number of amidine groups is 1. The van der Waals surface area contributed by atoms with Crippen LogP contribution in [-0.4, -0.2) is 17.0 Å². The van der Waals surface area contributed by atoms with E-state index in [1.165, 1.54) is 98.3 Å². The van der Waals surface area contributed by atoms with Crippen molar-refractivity contribution in [1.82, 2.24) is 4.57 Å². The van der Waals surface area contributed by atoms with Gasteiger partial charge in [0, 0.05) is 0 Å². The quantitative estimate of drug-likeness (QED) is 0.0931. The molecule has 13 rings (SSSR count). The zero-order valence-electron chi connectivity index (χ0n) is 34.7. The van der Waals surface area contributed by atoms with Crippen molar-refractivity contribution in [2.45, 2.75) is 0 Å². The maximum atomic E-state index is 5.80. The van der Waals surface area contributed by atoms with Gasteiger partial charge in [0.05, 0.1) is 0 Å². The van der Waals surface area contributed by atoms with Crippen LogP contribution in [0.4, 0.5) is 5.69 Å². The number of halogens is 1. The predicted octanol–water partition coefficient (Wildman–Crippen LogP) is 12.4. The van der Waals surface area contributed by atoms with Crippen molar-refractivity contribution in [2.75, 3.05) is 0 Å². The van der Waals surface area contributed by atoms with Crippen molar-refractivity contribution >= 4 is 80.3 Å². The summed E-state index contributed by atoms with van der Waals surface area (Å²) >= 11 is -0.853. The molecule has 3 nitrogen and oxygen atoms in total. The Labute approximate surface area is 381 Å². The topological polar surface area (TPSA) is 20.3 Å². The van der Waals surface area contributed by atoms with Gasteiger partial charge in [0.15, 0.2) is 0 Å². The van der Waals surface area contributed by atoms with Gasteiger partial charge in [0.1, 0.15) is 0 Å². The van der Waals surface area contributed by atoms with Gasteiger partial charge in [-0.25, -0.2) is 0 Å². The molecule has 2 heterocycles. The molecular weight excluding hydrogens is 890 g/mol. The van der Waals surface area contributed by atoms with Crippen molar-refractivity contribution in [2.24, 2.45) is 4.99 Å². The summed E-state index contributed by atoms with van der Waals surface area (Å²) in [6, 6.07) is 84.2. The van der Waals surface area contributed by atoms with Gasteiger partial charge in [0.25, 0.3) is 0 Å². The summed E-state index contributed by atoms with van der Waals surface area (Å²) in [7, 11) is 0. The van der Waals surface area contributed by atoms with Crippen LogP contribution in [0, 0.1) is 0 Å². The molecule has 0 bridgehead atoms. The fourth-order valence-corrected chi connectivity index (χ4v) is 12.7. The van der Waals surface area contributed by atoms with Gasteiger partial charge >= 0.3 is 384 Å². The normalized spacial score (nSPS) is 13.1. The van der Waals surface area contributed by atoms with E-state index in [-0.39, 0.29) is 0 Å². The van der Waals surface area contributed by atoms with Gasteiger partial charge < -0.3 is 0 Å². The van der Waals surface area contributed by atoms with Crippen molar-refractivity contribution in [3.63, 3.8) is 0 Å². The third kappa shape index (κ3) is 5.94. The average Bonchev–Trinajstić information content (AvgIpc) is 3.95. The molecule has 4 heteroatoms. The Morgan fingerprint density at radius 3 is 1.59 bits per heavy atom. The molecule has 300 valence electrons. The van der Waals surface area contributed by atoms with Gasteiger partial charge in [-0.2, -0.15) is 0 Å². The Balaban J connectivity index is 1.06. The zero-order valence-corrected chi connectivity index (χ0v) is 36.8. The van der Waals surface area contributed by atoms with E-state index in [2.05, 4.69) is 238 Å². The summed E-state index contributed by atoms with van der Waals surface area (Å²) in [6.07, 6.45) is 0. The molecule has 0 atom stereocenters. The zero-order chi connectivity index (χ0) is 42.1. The molecule has 0 fully saturated rings. The number of fused-ring (bicyclic) bond motifs is 11. The van der Waals surface area contributed by atoms with Gasteiger partial charge in [0.2, 0.25) is 0 Å². The Morgan fingerprint density at radius 2 is 0.875 bits per heavy atom. The van der Waals surface area contributed by atoms with Gasteiger partial charge in [-0.3, -0.25) is 0 Å². The van der Waals surface area contributed by atoms with Crippen molar-refractivity contribution < 1.29 is 24.3 Å². The first-order valence-corrected chi connectivity index (χ1v) is 23.8. The number of rotatable bonds is 5. The molecule has 0 saturated carbocycles. The van der Waals surface area contributed by atoms with Crippen LogP contribution in [-0.2, 0) is 0 Å². The number of benzene rings is 11. The Bertz CT molecular complexity index is 3870. The van der Waals surface area contributed by atoms with E-state index < -0.39 is 21.5 Å². The van der Waals surface area contributed by atoms with Crippen molar-refractivity contribution in [3.05, 3.63) is 236 Å². The second-order valence-corrected chi connectivity index (χ2v) is 18.9. The van der Waals surface area contributed by atoms with E-state index in [1.807, 2.05) is 0 Å². The van der Waals surface area contributed by atoms with Crippen LogP contribution in [0.5, 0.6) is 0 Å². The minimum absolute atomic E-state index is 0.853. The average molecular weight is 928 g/mol. The van der Waals surface area contributed by atoms with Crippen LogP contribution in [0.2, 0.25) is 0 Å². The van der Waals surface area contributed by atoms with E-state index in [0.717, 1.165) is 20.9 Å². The van der Waals surface area contributed by atoms with Crippen LogP contribution in [0.25, 0.3) is 98.3 Å². The van der Waals surface area contributed by atoms with Gasteiger partial charge in [-0.15, -0.1) is 0 Å². The Morgan fingerprint density at radius 1 is 0.344 bits per heavy atom. The van der Waals surface area contributed by atoms with Crippen LogP contribution < -0.4 is 21.5 Å². The van der Waals surface area contributed by atoms with Gasteiger partial charge in [-0.05, 0) is 0 Å². The first-order valence-electron chi connectivity index (χ1n) is 21.8. The molecule has 0 N–H and O–H groups in total. The molecule has 0 radical (unpaired) electrons. The number of nitrogens with zero attached hydrogens (tertiary/aromatic N) is 3. The van der Waals surface area contributed by atoms with E-state index in [1.54, 1.807) is 0 Å². The molecule has 1 aliphatic heterocycles. The van der Waals surface area contributed by atoms with Crippen molar-refractivity contribution in [3.8, 4) is 33.4 Å². The van der Waals surface area contributed by atoms with Crippen LogP contribution >= 0.6 is 0 Å². The SMILES string of the molecule is c1ccc(-c2ccc([N+]3=C(c4cccc(-c5ccccc5-c5ccccc5)c4)N=C(n4c5cc6ccccc6cc5c5c6c7ccccc7c7ccccc7c6ccc54)[I-]3)cc2)cc1. The third-order valence-electron chi connectivity index (χ3n) is 12.9. The third-order valence-corrected chi connectivity index (χ3v) is 15.5. The maximum absolute atomic E-state index is 5.80. The number of hydrogen-bond acceptors (Lipinski definition) is 1. The minimum atomic E-state index is -0.853. The number of aliphatic imine (C=N–C) groups is 1. The summed E-state index contributed by atoms with van der Waals surface area (Å²) in [5.41, 5.74) is 11.8.